The first kappa shape index (κ1) is 22.9. The van der Waals surface area contributed by atoms with Crippen LogP contribution < -0.4 is 10.1 Å². The van der Waals surface area contributed by atoms with Crippen LogP contribution in [0.4, 0.5) is 5.69 Å². The number of nitrogens with one attached hydrogen (secondary N) is 1. The summed E-state index contributed by atoms with van der Waals surface area (Å²) in [6, 6.07) is 13.0. The van der Waals surface area contributed by atoms with Crippen molar-refractivity contribution in [1.82, 2.24) is 4.98 Å². The highest BCUT2D eigenvalue weighted by Crippen LogP contribution is 2.33. The van der Waals surface area contributed by atoms with Crippen LogP contribution in [-0.4, -0.2) is 18.0 Å². The summed E-state index contributed by atoms with van der Waals surface area (Å²) in [4.78, 5) is 17.3. The summed E-state index contributed by atoms with van der Waals surface area (Å²) in [7, 11) is 1.51. The fourth-order valence-electron chi connectivity index (χ4n) is 3.65. The van der Waals surface area contributed by atoms with Gasteiger partial charge in [-0.3, -0.25) is 4.79 Å². The molecule has 1 aromatic heterocycles. The van der Waals surface area contributed by atoms with E-state index in [4.69, 9.17) is 32.4 Å². The first-order valence-electron chi connectivity index (χ1n) is 10.3. The van der Waals surface area contributed by atoms with Crippen molar-refractivity contribution in [1.29, 1.82) is 0 Å². The zero-order valence-electron chi connectivity index (χ0n) is 18.6. The molecule has 0 aliphatic carbocycles. The van der Waals surface area contributed by atoms with E-state index in [1.165, 1.54) is 13.2 Å². The van der Waals surface area contributed by atoms with Gasteiger partial charge in [-0.25, -0.2) is 4.98 Å². The Balaban J connectivity index is 1.60. The minimum Gasteiger partial charge on any atom is -0.495 e. The Hall–Kier alpha value is -3.28. The molecule has 4 aromatic rings. The summed E-state index contributed by atoms with van der Waals surface area (Å²) in [6.07, 6.45) is 3.01. The lowest BCUT2D eigenvalue weighted by atomic mass is 10.1. The standard InChI is InChI=1S/C26H22Cl2N2O3/c1-14-9-16(3)24-22(10-14)30-26(33-24)18-6-5-15(2)21(12-18)29-23(31)8-7-17-11-19(27)13-20(28)25(17)32-4/h5-13H,1-4H3,(H,29,31). The Morgan fingerprint density at radius 1 is 1.06 bits per heavy atom. The van der Waals surface area contributed by atoms with Gasteiger partial charge in [-0.1, -0.05) is 35.3 Å². The van der Waals surface area contributed by atoms with Crippen LogP contribution in [0.15, 0.2) is 53.0 Å². The van der Waals surface area contributed by atoms with Gasteiger partial charge in [0.15, 0.2) is 5.58 Å². The number of ether oxygens (including phenoxy) is 1. The Morgan fingerprint density at radius 2 is 1.85 bits per heavy atom. The zero-order chi connectivity index (χ0) is 23.7. The maximum absolute atomic E-state index is 12.6. The van der Waals surface area contributed by atoms with Crippen LogP contribution in [0.2, 0.25) is 10.0 Å². The highest BCUT2D eigenvalue weighted by atomic mass is 35.5. The van der Waals surface area contributed by atoms with Crippen molar-refractivity contribution < 1.29 is 13.9 Å². The third-order valence-corrected chi connectivity index (χ3v) is 5.72. The van der Waals surface area contributed by atoms with E-state index in [1.54, 1.807) is 18.2 Å². The number of halogens is 2. The molecule has 0 radical (unpaired) electrons. The smallest absolute Gasteiger partial charge is 0.248 e. The number of fused-ring (bicyclic) bond motifs is 1. The van der Waals surface area contributed by atoms with Crippen molar-refractivity contribution in [3.05, 3.63) is 80.8 Å². The average Bonchev–Trinajstić information content (AvgIpc) is 3.18. The fourth-order valence-corrected chi connectivity index (χ4v) is 4.24. The minimum absolute atomic E-state index is 0.308. The van der Waals surface area contributed by atoms with Crippen LogP contribution in [0.25, 0.3) is 28.6 Å². The lowest BCUT2D eigenvalue weighted by Crippen LogP contribution is -2.09. The number of nitrogens with zero attached hydrogens (tertiary/aromatic N) is 1. The fraction of sp³-hybridized carbons (Fsp3) is 0.154. The highest BCUT2D eigenvalue weighted by molar-refractivity contribution is 6.36. The topological polar surface area (TPSA) is 64.4 Å². The molecule has 5 nitrogen and oxygen atoms in total. The second kappa shape index (κ2) is 9.30. The second-order valence-corrected chi connectivity index (χ2v) is 8.66. The number of anilines is 1. The van der Waals surface area contributed by atoms with Gasteiger partial charge < -0.3 is 14.5 Å². The van der Waals surface area contributed by atoms with Crippen molar-refractivity contribution in [2.45, 2.75) is 20.8 Å². The molecule has 0 aliphatic rings. The third-order valence-electron chi connectivity index (χ3n) is 5.22. The van der Waals surface area contributed by atoms with Crippen molar-refractivity contribution in [2.75, 3.05) is 12.4 Å². The largest absolute Gasteiger partial charge is 0.495 e. The van der Waals surface area contributed by atoms with E-state index in [1.807, 2.05) is 45.0 Å². The zero-order valence-corrected chi connectivity index (χ0v) is 20.1. The molecule has 0 saturated heterocycles. The number of oxazole rings is 1. The number of hydrogen-bond acceptors (Lipinski definition) is 4. The van der Waals surface area contributed by atoms with Gasteiger partial charge in [0.05, 0.1) is 12.1 Å². The summed E-state index contributed by atoms with van der Waals surface area (Å²) >= 11 is 12.2. The Bertz CT molecular complexity index is 1410. The van der Waals surface area contributed by atoms with Crippen molar-refractivity contribution in [3.63, 3.8) is 0 Å². The van der Waals surface area contributed by atoms with E-state index in [-0.39, 0.29) is 5.91 Å². The molecule has 1 amide bonds. The molecule has 0 fully saturated rings. The Morgan fingerprint density at radius 3 is 2.61 bits per heavy atom. The van der Waals surface area contributed by atoms with Gasteiger partial charge in [0, 0.05) is 27.9 Å². The number of methoxy groups -OCH3 is 1. The molecule has 0 spiro atoms. The molecular weight excluding hydrogens is 459 g/mol. The molecule has 1 N–H and O–H groups in total. The SMILES string of the molecule is COc1c(Cl)cc(Cl)cc1C=CC(=O)Nc1cc(-c2nc3cc(C)cc(C)c3o2)ccc1C. The van der Waals surface area contributed by atoms with Gasteiger partial charge in [-0.15, -0.1) is 0 Å². The summed E-state index contributed by atoms with van der Waals surface area (Å²) in [5.41, 5.74) is 6.68. The summed E-state index contributed by atoms with van der Waals surface area (Å²) < 4.78 is 11.3. The Kier molecular flexibility index (Phi) is 6.45. The monoisotopic (exact) mass is 480 g/mol. The molecule has 0 atom stereocenters. The molecule has 168 valence electrons. The number of rotatable bonds is 5. The number of carbonyl (C=O) groups excluding carboxylic acids is 1. The van der Waals surface area contributed by atoms with Crippen molar-refractivity contribution >= 4 is 52.0 Å². The Labute approximate surface area is 202 Å². The molecule has 0 bridgehead atoms. The number of amides is 1. The van der Waals surface area contributed by atoms with Gasteiger partial charge in [-0.05, 0) is 73.9 Å². The van der Waals surface area contributed by atoms with E-state index in [9.17, 15) is 4.79 Å². The normalized spacial score (nSPS) is 11.3. The first-order valence-corrected chi connectivity index (χ1v) is 11.0. The maximum Gasteiger partial charge on any atom is 0.248 e. The van der Waals surface area contributed by atoms with Crippen LogP contribution >= 0.6 is 23.2 Å². The molecule has 1 heterocycles. The lowest BCUT2D eigenvalue weighted by molar-refractivity contribution is -0.111. The number of hydrogen-bond donors (Lipinski definition) is 1. The van der Waals surface area contributed by atoms with Crippen LogP contribution in [0.5, 0.6) is 5.75 Å². The lowest BCUT2D eigenvalue weighted by Gasteiger charge is -2.09. The van der Waals surface area contributed by atoms with Crippen LogP contribution in [0, 0.1) is 20.8 Å². The van der Waals surface area contributed by atoms with Gasteiger partial charge >= 0.3 is 0 Å². The molecule has 33 heavy (non-hydrogen) atoms. The van der Waals surface area contributed by atoms with Crippen molar-refractivity contribution in [2.24, 2.45) is 0 Å². The molecule has 7 heteroatoms. The number of aryl methyl sites for hydroxylation is 3. The molecular formula is C26H22Cl2N2O3. The van der Waals surface area contributed by atoms with Gasteiger partial charge in [0.1, 0.15) is 11.3 Å². The van der Waals surface area contributed by atoms with E-state index in [2.05, 4.69) is 16.4 Å². The van der Waals surface area contributed by atoms with E-state index in [0.717, 1.165) is 33.4 Å². The predicted octanol–water partition coefficient (Wildman–Crippen LogP) is 7.39. The first-order chi connectivity index (χ1) is 15.7. The summed E-state index contributed by atoms with van der Waals surface area (Å²) in [5.74, 6) is 0.644. The molecule has 0 aliphatic heterocycles. The molecule has 3 aromatic carbocycles. The average molecular weight is 481 g/mol. The molecule has 0 unspecified atom stereocenters. The van der Waals surface area contributed by atoms with E-state index in [0.29, 0.717) is 32.9 Å². The minimum atomic E-state index is -0.308. The second-order valence-electron chi connectivity index (χ2n) is 7.81. The summed E-state index contributed by atoms with van der Waals surface area (Å²) in [6.45, 7) is 5.95. The number of benzene rings is 3. The molecule has 0 saturated carbocycles. The van der Waals surface area contributed by atoms with Crippen LogP contribution in [-0.2, 0) is 4.79 Å². The third kappa shape index (κ3) is 4.90. The predicted molar refractivity (Wildman–Crippen MR) is 134 cm³/mol. The van der Waals surface area contributed by atoms with E-state index < -0.39 is 0 Å². The maximum atomic E-state index is 12.6. The van der Waals surface area contributed by atoms with Crippen molar-refractivity contribution in [3.8, 4) is 17.2 Å². The van der Waals surface area contributed by atoms with Gasteiger partial charge in [-0.2, -0.15) is 0 Å². The quantitative estimate of drug-likeness (QED) is 0.302. The summed E-state index contributed by atoms with van der Waals surface area (Å²) in [5, 5.41) is 3.73. The number of aromatic nitrogens is 1. The highest BCUT2D eigenvalue weighted by Gasteiger charge is 2.13. The van der Waals surface area contributed by atoms with Crippen LogP contribution in [0.3, 0.4) is 0 Å². The van der Waals surface area contributed by atoms with E-state index >= 15 is 0 Å². The van der Waals surface area contributed by atoms with Gasteiger partial charge in [0.25, 0.3) is 0 Å². The number of carbonyl (C=O) groups is 1. The molecule has 4 rings (SSSR count). The van der Waals surface area contributed by atoms with Crippen LogP contribution in [0.1, 0.15) is 22.3 Å². The van der Waals surface area contributed by atoms with Gasteiger partial charge in [0.2, 0.25) is 11.8 Å².